The average Bonchev–Trinajstić information content (AvgIpc) is 3.42. The zero-order chi connectivity index (χ0) is 27.6. The standard InChI is InChI=1S/C18H34N2O2.2C2HF3O2/c1-21-12-11-19-13-16(14-22-2)18(15-19)7-9-20(10-8-18)17-5-3-4-6-17;2*3-2(4,5)1(6)7/h16-17H,3-15H2,1-2H3;2*(H,6,7). The monoisotopic (exact) mass is 538 g/mol. The van der Waals surface area contributed by atoms with Crippen molar-refractivity contribution in [1.82, 2.24) is 9.80 Å². The second-order valence-corrected chi connectivity index (χ2v) is 9.32. The SMILES string of the molecule is COCCN1CC(COC)C2(CCN(C3CCCC3)CC2)C1.O=C(O)C(F)(F)F.O=C(O)C(F)(F)F. The molecule has 0 aromatic rings. The van der Waals surface area contributed by atoms with Crippen LogP contribution < -0.4 is 0 Å². The Balaban J connectivity index is 0.000000383. The summed E-state index contributed by atoms with van der Waals surface area (Å²) in [4.78, 5) is 23.2. The van der Waals surface area contributed by atoms with Crippen molar-refractivity contribution >= 4 is 11.9 Å². The van der Waals surface area contributed by atoms with Crippen LogP contribution in [0.3, 0.4) is 0 Å². The van der Waals surface area contributed by atoms with Crippen molar-refractivity contribution in [3.63, 3.8) is 0 Å². The predicted molar refractivity (Wildman–Crippen MR) is 117 cm³/mol. The van der Waals surface area contributed by atoms with E-state index in [1.807, 2.05) is 7.11 Å². The molecule has 2 N–H and O–H groups in total. The van der Waals surface area contributed by atoms with Crippen molar-refractivity contribution < 1.29 is 55.6 Å². The Kier molecular flexibility index (Phi) is 12.9. The minimum Gasteiger partial charge on any atom is -0.475 e. The summed E-state index contributed by atoms with van der Waals surface area (Å²) in [6.45, 7) is 7.91. The number of carboxylic acids is 2. The fourth-order valence-corrected chi connectivity index (χ4v) is 5.14. The molecular weight excluding hydrogens is 502 g/mol. The summed E-state index contributed by atoms with van der Waals surface area (Å²) < 4.78 is 74.3. The molecule has 2 saturated heterocycles. The molecule has 0 radical (unpaired) electrons. The van der Waals surface area contributed by atoms with E-state index in [9.17, 15) is 26.3 Å². The third-order valence-electron chi connectivity index (χ3n) is 6.98. The molecule has 0 aromatic heterocycles. The predicted octanol–water partition coefficient (Wildman–Crippen LogP) is 3.50. The zero-order valence-corrected chi connectivity index (χ0v) is 20.5. The van der Waals surface area contributed by atoms with Crippen LogP contribution in [0.2, 0.25) is 0 Å². The van der Waals surface area contributed by atoms with Crippen LogP contribution in [0.4, 0.5) is 26.3 Å². The molecule has 2 heterocycles. The molecular formula is C22H36F6N2O6. The smallest absolute Gasteiger partial charge is 0.475 e. The molecule has 0 bridgehead atoms. The Morgan fingerprint density at radius 2 is 1.39 bits per heavy atom. The third kappa shape index (κ3) is 10.4. The highest BCUT2D eigenvalue weighted by Crippen LogP contribution is 2.45. The molecule has 0 aromatic carbocycles. The van der Waals surface area contributed by atoms with Gasteiger partial charge in [0.2, 0.25) is 0 Å². The first kappa shape index (κ1) is 32.4. The van der Waals surface area contributed by atoms with Gasteiger partial charge in [-0.2, -0.15) is 26.3 Å². The highest BCUT2D eigenvalue weighted by atomic mass is 19.4. The summed E-state index contributed by atoms with van der Waals surface area (Å²) in [5.74, 6) is -4.81. The molecule has 0 amide bonds. The maximum Gasteiger partial charge on any atom is 0.490 e. The fourth-order valence-electron chi connectivity index (χ4n) is 5.14. The topological polar surface area (TPSA) is 99.5 Å². The maximum absolute atomic E-state index is 10.6. The summed E-state index contributed by atoms with van der Waals surface area (Å²) in [5, 5.41) is 14.2. The number of piperidine rings is 1. The van der Waals surface area contributed by atoms with E-state index in [0.717, 1.165) is 25.8 Å². The number of alkyl halides is 6. The summed E-state index contributed by atoms with van der Waals surface area (Å²) in [5.41, 5.74) is 0.499. The highest BCUT2D eigenvalue weighted by Gasteiger charge is 2.48. The quantitative estimate of drug-likeness (QED) is 0.496. The van der Waals surface area contributed by atoms with Gasteiger partial charge in [-0.3, -0.25) is 0 Å². The number of methoxy groups -OCH3 is 2. The number of halogens is 6. The molecule has 1 atom stereocenters. The van der Waals surface area contributed by atoms with Crippen LogP contribution in [-0.2, 0) is 19.1 Å². The van der Waals surface area contributed by atoms with Gasteiger partial charge in [-0.15, -0.1) is 0 Å². The maximum atomic E-state index is 10.6. The fraction of sp³-hybridized carbons (Fsp3) is 0.909. The number of hydrogen-bond donors (Lipinski definition) is 2. The molecule has 36 heavy (non-hydrogen) atoms. The van der Waals surface area contributed by atoms with Crippen molar-refractivity contribution in [2.45, 2.75) is 56.9 Å². The largest absolute Gasteiger partial charge is 0.490 e. The Labute approximate surface area is 206 Å². The first-order valence-electron chi connectivity index (χ1n) is 11.7. The van der Waals surface area contributed by atoms with E-state index in [1.54, 1.807) is 7.11 Å². The van der Waals surface area contributed by atoms with Crippen molar-refractivity contribution in [3.05, 3.63) is 0 Å². The van der Waals surface area contributed by atoms with E-state index in [2.05, 4.69) is 9.80 Å². The second kappa shape index (κ2) is 14.3. The molecule has 3 fully saturated rings. The molecule has 8 nitrogen and oxygen atoms in total. The first-order chi connectivity index (χ1) is 16.7. The van der Waals surface area contributed by atoms with Gasteiger partial charge in [0.25, 0.3) is 0 Å². The van der Waals surface area contributed by atoms with Gasteiger partial charge in [0.15, 0.2) is 0 Å². The second-order valence-electron chi connectivity index (χ2n) is 9.32. The van der Waals surface area contributed by atoms with E-state index >= 15 is 0 Å². The van der Waals surface area contributed by atoms with Gasteiger partial charge in [-0.05, 0) is 44.2 Å². The zero-order valence-electron chi connectivity index (χ0n) is 20.5. The molecule has 3 rings (SSSR count). The van der Waals surface area contributed by atoms with Gasteiger partial charge in [0.05, 0.1) is 13.2 Å². The number of hydrogen-bond acceptors (Lipinski definition) is 6. The molecule has 1 saturated carbocycles. The molecule has 1 unspecified atom stereocenters. The van der Waals surface area contributed by atoms with E-state index in [0.29, 0.717) is 11.3 Å². The van der Waals surface area contributed by atoms with Crippen molar-refractivity contribution in [2.75, 3.05) is 60.2 Å². The average molecular weight is 539 g/mol. The number of nitrogens with zero attached hydrogens (tertiary/aromatic N) is 2. The molecule has 212 valence electrons. The van der Waals surface area contributed by atoms with Gasteiger partial charge in [-0.25, -0.2) is 9.59 Å². The van der Waals surface area contributed by atoms with Crippen molar-refractivity contribution in [1.29, 1.82) is 0 Å². The number of carboxylic acid groups (broad SMARTS) is 2. The van der Waals surface area contributed by atoms with Gasteiger partial charge in [0.1, 0.15) is 0 Å². The van der Waals surface area contributed by atoms with Gasteiger partial charge in [-0.1, -0.05) is 12.8 Å². The first-order valence-corrected chi connectivity index (χ1v) is 11.7. The lowest BCUT2D eigenvalue weighted by Gasteiger charge is -2.44. The molecule has 1 aliphatic carbocycles. The Morgan fingerprint density at radius 3 is 1.78 bits per heavy atom. The van der Waals surface area contributed by atoms with Crippen LogP contribution in [0.1, 0.15) is 38.5 Å². The van der Waals surface area contributed by atoms with Crippen molar-refractivity contribution in [2.24, 2.45) is 11.3 Å². The van der Waals surface area contributed by atoms with Gasteiger partial charge >= 0.3 is 24.3 Å². The third-order valence-corrected chi connectivity index (χ3v) is 6.98. The number of rotatable bonds is 6. The van der Waals surface area contributed by atoms with E-state index < -0.39 is 24.3 Å². The normalized spacial score (nSPS) is 23.1. The molecule has 14 heteroatoms. The minimum absolute atomic E-state index is 0.499. The van der Waals surface area contributed by atoms with Gasteiger partial charge < -0.3 is 29.5 Å². The lowest BCUT2D eigenvalue weighted by Crippen LogP contribution is -2.48. The lowest BCUT2D eigenvalue weighted by atomic mass is 9.71. The van der Waals surface area contributed by atoms with Crippen LogP contribution in [0.25, 0.3) is 0 Å². The summed E-state index contributed by atoms with van der Waals surface area (Å²) in [7, 11) is 3.66. The number of likely N-dealkylation sites (tertiary alicyclic amines) is 2. The van der Waals surface area contributed by atoms with E-state index in [4.69, 9.17) is 29.3 Å². The number of aliphatic carboxylic acids is 2. The van der Waals surface area contributed by atoms with Gasteiger partial charge in [0, 0.05) is 45.8 Å². The number of carbonyl (C=O) groups is 2. The highest BCUT2D eigenvalue weighted by molar-refractivity contribution is 5.73. The van der Waals surface area contributed by atoms with Crippen LogP contribution in [0.5, 0.6) is 0 Å². The number of ether oxygens (including phenoxy) is 2. The lowest BCUT2D eigenvalue weighted by molar-refractivity contribution is -0.193. The van der Waals surface area contributed by atoms with Crippen LogP contribution in [-0.4, -0.2) is 111 Å². The summed E-state index contributed by atoms with van der Waals surface area (Å²) in [6, 6.07) is 0.893. The van der Waals surface area contributed by atoms with E-state index in [-0.39, 0.29) is 0 Å². The van der Waals surface area contributed by atoms with Crippen LogP contribution in [0, 0.1) is 11.3 Å². The Hall–Kier alpha value is -1.64. The Bertz CT molecular complexity index is 653. The van der Waals surface area contributed by atoms with Crippen LogP contribution in [0.15, 0.2) is 0 Å². The summed E-state index contributed by atoms with van der Waals surface area (Å²) >= 11 is 0. The molecule has 2 aliphatic heterocycles. The molecule has 3 aliphatic rings. The molecule has 1 spiro atoms. The summed E-state index contributed by atoms with van der Waals surface area (Å²) in [6.07, 6.45) is -1.67. The Morgan fingerprint density at radius 1 is 0.917 bits per heavy atom. The minimum atomic E-state index is -5.08. The van der Waals surface area contributed by atoms with Crippen LogP contribution >= 0.6 is 0 Å². The van der Waals surface area contributed by atoms with Crippen molar-refractivity contribution in [3.8, 4) is 0 Å². The van der Waals surface area contributed by atoms with E-state index in [1.165, 1.54) is 64.7 Å².